The Balaban J connectivity index is 0.00000242. The predicted octanol–water partition coefficient (Wildman–Crippen LogP) is 3.35. The van der Waals surface area contributed by atoms with Gasteiger partial charge in [-0.3, -0.25) is 0 Å². The van der Waals surface area contributed by atoms with E-state index in [9.17, 15) is 0 Å². The van der Waals surface area contributed by atoms with Gasteiger partial charge >= 0.3 is 0 Å². The lowest BCUT2D eigenvalue weighted by Crippen LogP contribution is -2.26. The summed E-state index contributed by atoms with van der Waals surface area (Å²) in [7, 11) is 4.14. The Kier molecular flexibility index (Phi) is 10.5. The number of hydrogen-bond donors (Lipinski definition) is 1. The summed E-state index contributed by atoms with van der Waals surface area (Å²) in [6.45, 7) is 3.01. The molecule has 0 amide bonds. The van der Waals surface area contributed by atoms with E-state index in [1.54, 1.807) is 0 Å². The van der Waals surface area contributed by atoms with Crippen LogP contribution in [0.15, 0.2) is 36.4 Å². The number of terminal acetylenes is 1. The fourth-order valence-corrected chi connectivity index (χ4v) is 2.27. The molecular weight excluding hydrogens is 331 g/mol. The third-order valence-corrected chi connectivity index (χ3v) is 3.35. The highest BCUT2D eigenvalue weighted by molar-refractivity contribution is 5.87. The Labute approximate surface area is 151 Å². The number of likely N-dealkylation sites (N-methyl/N-ethyl adjacent to an activating group) is 1. The van der Waals surface area contributed by atoms with E-state index in [2.05, 4.69) is 54.5 Å². The Morgan fingerprint density at radius 3 is 2.57 bits per heavy atom. The van der Waals surface area contributed by atoms with E-state index < -0.39 is 0 Å². The van der Waals surface area contributed by atoms with Crippen molar-refractivity contribution in [2.24, 2.45) is 0 Å². The highest BCUT2D eigenvalue weighted by atomic mass is 35.5. The summed E-state index contributed by atoms with van der Waals surface area (Å²) in [5.41, 5.74) is 1.17. The number of hydrogen-bond acceptors (Lipinski definition) is 3. The van der Waals surface area contributed by atoms with E-state index in [0.29, 0.717) is 6.61 Å². The lowest BCUT2D eigenvalue weighted by Gasteiger charge is -2.15. The Morgan fingerprint density at radius 1 is 1.13 bits per heavy atom. The van der Waals surface area contributed by atoms with E-state index in [0.717, 1.165) is 25.4 Å². The summed E-state index contributed by atoms with van der Waals surface area (Å²) in [5, 5.41) is 5.90. The molecule has 0 aromatic heterocycles. The van der Waals surface area contributed by atoms with Gasteiger partial charge in [0.15, 0.2) is 0 Å². The van der Waals surface area contributed by atoms with Gasteiger partial charge in [0.25, 0.3) is 0 Å². The van der Waals surface area contributed by atoms with Gasteiger partial charge in [-0.05, 0) is 30.9 Å². The standard InChI is InChI=1S/C18H22N2O.2ClH/c1-4-13-21-18-10-9-15-7-5-6-8-16(15)17(18)14-19-11-12-20(2)3;;/h1,5-10,19H,11-14H2,2-3H3;2*1H. The molecule has 3 nitrogen and oxygen atoms in total. The van der Waals surface area contributed by atoms with E-state index >= 15 is 0 Å². The molecule has 0 saturated carbocycles. The maximum atomic E-state index is 5.69. The second kappa shape index (κ2) is 11.2. The summed E-state index contributed by atoms with van der Waals surface area (Å²) in [6.07, 6.45) is 5.30. The predicted molar refractivity (Wildman–Crippen MR) is 103 cm³/mol. The normalized spacial score (nSPS) is 9.83. The molecule has 0 spiro atoms. The summed E-state index contributed by atoms with van der Waals surface area (Å²) >= 11 is 0. The van der Waals surface area contributed by atoms with Crippen LogP contribution in [0.2, 0.25) is 0 Å². The molecule has 2 rings (SSSR count). The monoisotopic (exact) mass is 354 g/mol. The van der Waals surface area contributed by atoms with Crippen molar-refractivity contribution in [3.63, 3.8) is 0 Å². The Morgan fingerprint density at radius 2 is 1.87 bits per heavy atom. The first kappa shape index (κ1) is 21.6. The quantitative estimate of drug-likeness (QED) is 0.609. The number of halogens is 2. The van der Waals surface area contributed by atoms with Crippen LogP contribution in [0.5, 0.6) is 5.75 Å². The average molecular weight is 355 g/mol. The molecule has 2 aromatic rings. The van der Waals surface area contributed by atoms with Gasteiger partial charge in [0.1, 0.15) is 12.4 Å². The topological polar surface area (TPSA) is 24.5 Å². The number of ether oxygens (including phenoxy) is 1. The second-order valence-electron chi connectivity index (χ2n) is 5.24. The largest absolute Gasteiger partial charge is 0.481 e. The highest BCUT2D eigenvalue weighted by Crippen LogP contribution is 2.28. The third-order valence-electron chi connectivity index (χ3n) is 3.35. The second-order valence-corrected chi connectivity index (χ2v) is 5.24. The van der Waals surface area contributed by atoms with Gasteiger partial charge in [0.05, 0.1) is 0 Å². The van der Waals surface area contributed by atoms with Crippen molar-refractivity contribution in [1.29, 1.82) is 0 Å². The first-order valence-electron chi connectivity index (χ1n) is 7.14. The smallest absolute Gasteiger partial charge is 0.148 e. The summed E-state index contributed by atoms with van der Waals surface area (Å²) < 4.78 is 5.69. The highest BCUT2D eigenvalue weighted by Gasteiger charge is 2.08. The molecule has 0 unspecified atom stereocenters. The van der Waals surface area contributed by atoms with E-state index in [1.807, 2.05) is 12.1 Å². The van der Waals surface area contributed by atoms with Crippen molar-refractivity contribution in [2.75, 3.05) is 33.8 Å². The van der Waals surface area contributed by atoms with Gasteiger partial charge in [-0.1, -0.05) is 36.3 Å². The maximum absolute atomic E-state index is 5.69. The fourth-order valence-electron chi connectivity index (χ4n) is 2.27. The number of nitrogens with zero attached hydrogens (tertiary/aromatic N) is 1. The molecule has 126 valence electrons. The van der Waals surface area contributed by atoms with Crippen molar-refractivity contribution in [3.05, 3.63) is 42.0 Å². The van der Waals surface area contributed by atoms with Crippen molar-refractivity contribution >= 4 is 35.6 Å². The molecule has 2 aromatic carbocycles. The summed E-state index contributed by atoms with van der Waals surface area (Å²) in [4.78, 5) is 2.16. The van der Waals surface area contributed by atoms with Crippen LogP contribution < -0.4 is 10.1 Å². The van der Waals surface area contributed by atoms with Gasteiger partial charge in [0.2, 0.25) is 0 Å². The molecule has 0 bridgehead atoms. The number of fused-ring (bicyclic) bond motifs is 1. The van der Waals surface area contributed by atoms with Gasteiger partial charge in [-0.25, -0.2) is 0 Å². The lowest BCUT2D eigenvalue weighted by molar-refractivity contribution is 0.363. The zero-order valence-corrected chi connectivity index (χ0v) is 15.2. The van der Waals surface area contributed by atoms with Crippen LogP contribution in [0.25, 0.3) is 10.8 Å². The van der Waals surface area contributed by atoms with Gasteiger partial charge in [0, 0.05) is 25.2 Å². The van der Waals surface area contributed by atoms with Crippen molar-refractivity contribution < 1.29 is 4.74 Å². The third kappa shape index (κ3) is 6.29. The molecule has 0 saturated heterocycles. The first-order valence-corrected chi connectivity index (χ1v) is 7.14. The zero-order chi connectivity index (χ0) is 15.1. The molecule has 0 fully saturated rings. The van der Waals surface area contributed by atoms with Crippen LogP contribution in [0.4, 0.5) is 0 Å². The zero-order valence-electron chi connectivity index (χ0n) is 13.5. The van der Waals surface area contributed by atoms with Crippen molar-refractivity contribution in [3.8, 4) is 18.1 Å². The summed E-state index contributed by atoms with van der Waals surface area (Å²) in [5.74, 6) is 3.39. The summed E-state index contributed by atoms with van der Waals surface area (Å²) in [6, 6.07) is 12.4. The van der Waals surface area contributed by atoms with Gasteiger partial charge in [-0.2, -0.15) is 0 Å². The molecule has 0 aliphatic rings. The minimum absolute atomic E-state index is 0. The lowest BCUT2D eigenvalue weighted by atomic mass is 10.0. The molecule has 0 aliphatic heterocycles. The molecule has 0 heterocycles. The Bertz CT molecular complexity index is 638. The SMILES string of the molecule is C#CCOc1ccc2ccccc2c1CNCCN(C)C.Cl.Cl. The molecular formula is C18H24Cl2N2O. The minimum atomic E-state index is 0. The van der Waals surface area contributed by atoms with Crippen LogP contribution in [0, 0.1) is 12.3 Å². The van der Waals surface area contributed by atoms with E-state index in [1.165, 1.54) is 16.3 Å². The molecule has 5 heteroatoms. The average Bonchev–Trinajstić information content (AvgIpc) is 2.49. The molecule has 0 radical (unpaired) electrons. The Hall–Kier alpha value is -1.44. The number of nitrogens with one attached hydrogen (secondary N) is 1. The van der Waals surface area contributed by atoms with Crippen LogP contribution in [0.1, 0.15) is 5.56 Å². The number of benzene rings is 2. The van der Waals surface area contributed by atoms with E-state index in [4.69, 9.17) is 11.2 Å². The molecule has 0 atom stereocenters. The van der Waals surface area contributed by atoms with Crippen LogP contribution in [-0.4, -0.2) is 38.7 Å². The molecule has 0 aliphatic carbocycles. The van der Waals surface area contributed by atoms with Crippen LogP contribution in [0.3, 0.4) is 0 Å². The fraction of sp³-hybridized carbons (Fsp3) is 0.333. The molecule has 1 N–H and O–H groups in total. The van der Waals surface area contributed by atoms with Gasteiger partial charge < -0.3 is 15.0 Å². The van der Waals surface area contributed by atoms with Crippen LogP contribution >= 0.6 is 24.8 Å². The number of rotatable bonds is 7. The van der Waals surface area contributed by atoms with Gasteiger partial charge in [-0.15, -0.1) is 31.2 Å². The van der Waals surface area contributed by atoms with Crippen molar-refractivity contribution in [2.45, 2.75) is 6.54 Å². The van der Waals surface area contributed by atoms with E-state index in [-0.39, 0.29) is 24.8 Å². The minimum Gasteiger partial charge on any atom is -0.481 e. The maximum Gasteiger partial charge on any atom is 0.148 e. The first-order chi connectivity index (χ1) is 10.2. The molecule has 23 heavy (non-hydrogen) atoms. The van der Waals surface area contributed by atoms with Crippen LogP contribution in [-0.2, 0) is 6.54 Å². The van der Waals surface area contributed by atoms with Crippen molar-refractivity contribution in [1.82, 2.24) is 10.2 Å².